The smallest absolute Gasteiger partial charge is 0.256 e. The Morgan fingerprint density at radius 3 is 2.65 bits per heavy atom. The van der Waals surface area contributed by atoms with E-state index in [2.05, 4.69) is 5.32 Å². The van der Waals surface area contributed by atoms with Crippen LogP contribution in [-0.4, -0.2) is 17.1 Å². The first kappa shape index (κ1) is 13.0. The van der Waals surface area contributed by atoms with E-state index in [1.54, 1.807) is 13.8 Å². The molecule has 0 saturated heterocycles. The molecule has 0 fully saturated rings. The fourth-order valence-electron chi connectivity index (χ4n) is 1.26. The number of phenolic OH excluding ortho intramolecular Hbond substituents is 1. The SMILES string of the molecule is CC(C)C(C#N)NC(=O)c1ccc(F)cc1O. The van der Waals surface area contributed by atoms with Gasteiger partial charge in [-0.2, -0.15) is 5.26 Å². The Balaban J connectivity index is 2.87. The maximum Gasteiger partial charge on any atom is 0.256 e. The molecule has 1 atom stereocenters. The first-order valence-electron chi connectivity index (χ1n) is 5.14. The standard InChI is InChI=1S/C12H13FN2O2/c1-7(2)10(6-14)15-12(17)9-4-3-8(13)5-11(9)16/h3-5,7,10,16H,1-2H3,(H,15,17). The fraction of sp³-hybridized carbons (Fsp3) is 0.333. The summed E-state index contributed by atoms with van der Waals surface area (Å²) in [4.78, 5) is 11.7. The van der Waals surface area contributed by atoms with Crippen molar-refractivity contribution in [1.29, 1.82) is 5.26 Å². The van der Waals surface area contributed by atoms with Crippen LogP contribution in [0.15, 0.2) is 18.2 Å². The molecule has 1 rings (SSSR count). The molecule has 0 heterocycles. The number of nitrogens with one attached hydrogen (secondary N) is 1. The largest absolute Gasteiger partial charge is 0.507 e. The number of carbonyl (C=O) groups excluding carboxylic acids is 1. The van der Waals surface area contributed by atoms with Crippen molar-refractivity contribution in [2.24, 2.45) is 5.92 Å². The van der Waals surface area contributed by atoms with Crippen LogP contribution in [-0.2, 0) is 0 Å². The molecular weight excluding hydrogens is 223 g/mol. The predicted molar refractivity (Wildman–Crippen MR) is 59.8 cm³/mol. The van der Waals surface area contributed by atoms with Gasteiger partial charge in [-0.1, -0.05) is 13.8 Å². The van der Waals surface area contributed by atoms with Crippen molar-refractivity contribution >= 4 is 5.91 Å². The van der Waals surface area contributed by atoms with Crippen molar-refractivity contribution in [3.63, 3.8) is 0 Å². The van der Waals surface area contributed by atoms with Gasteiger partial charge in [0.05, 0.1) is 11.6 Å². The van der Waals surface area contributed by atoms with Crippen molar-refractivity contribution in [3.05, 3.63) is 29.6 Å². The molecule has 90 valence electrons. The van der Waals surface area contributed by atoms with Gasteiger partial charge in [0.1, 0.15) is 17.6 Å². The van der Waals surface area contributed by atoms with E-state index in [4.69, 9.17) is 5.26 Å². The molecule has 4 nitrogen and oxygen atoms in total. The molecule has 17 heavy (non-hydrogen) atoms. The van der Waals surface area contributed by atoms with Gasteiger partial charge in [0.15, 0.2) is 0 Å². The van der Waals surface area contributed by atoms with E-state index in [0.717, 1.165) is 12.1 Å². The molecule has 0 radical (unpaired) electrons. The first-order chi connectivity index (χ1) is 7.95. The van der Waals surface area contributed by atoms with Crippen molar-refractivity contribution < 1.29 is 14.3 Å². The maximum atomic E-state index is 12.7. The number of rotatable bonds is 3. The lowest BCUT2D eigenvalue weighted by Crippen LogP contribution is -2.37. The molecule has 0 aliphatic heterocycles. The molecule has 0 bridgehead atoms. The summed E-state index contributed by atoms with van der Waals surface area (Å²) in [6, 6.07) is 4.40. The second-order valence-corrected chi connectivity index (χ2v) is 3.99. The van der Waals surface area contributed by atoms with E-state index in [-0.39, 0.29) is 11.5 Å². The Bertz CT molecular complexity index is 466. The average molecular weight is 236 g/mol. The summed E-state index contributed by atoms with van der Waals surface area (Å²) in [5.41, 5.74) is -0.0488. The second-order valence-electron chi connectivity index (χ2n) is 3.99. The highest BCUT2D eigenvalue weighted by atomic mass is 19.1. The van der Waals surface area contributed by atoms with E-state index < -0.39 is 23.5 Å². The second kappa shape index (κ2) is 5.30. The molecule has 0 aromatic heterocycles. The van der Waals surface area contributed by atoms with Crippen LogP contribution in [0.25, 0.3) is 0 Å². The van der Waals surface area contributed by atoms with Crippen molar-refractivity contribution in [2.75, 3.05) is 0 Å². The third-order valence-electron chi connectivity index (χ3n) is 2.30. The van der Waals surface area contributed by atoms with E-state index >= 15 is 0 Å². The summed E-state index contributed by atoms with van der Waals surface area (Å²) in [6.07, 6.45) is 0. The average Bonchev–Trinajstić information content (AvgIpc) is 2.24. The third kappa shape index (κ3) is 3.18. The van der Waals surface area contributed by atoms with Gasteiger partial charge in [-0.05, 0) is 18.1 Å². The Hall–Kier alpha value is -2.09. The van der Waals surface area contributed by atoms with E-state index in [0.29, 0.717) is 0 Å². The van der Waals surface area contributed by atoms with Gasteiger partial charge in [-0.3, -0.25) is 4.79 Å². The van der Waals surface area contributed by atoms with Crippen LogP contribution in [0.5, 0.6) is 5.75 Å². The summed E-state index contributed by atoms with van der Waals surface area (Å²) in [5, 5.41) is 20.7. The molecule has 5 heteroatoms. The lowest BCUT2D eigenvalue weighted by Gasteiger charge is -2.15. The van der Waals surface area contributed by atoms with Crippen LogP contribution >= 0.6 is 0 Å². The molecule has 0 aliphatic rings. The minimum Gasteiger partial charge on any atom is -0.507 e. The summed E-state index contributed by atoms with van der Waals surface area (Å²) >= 11 is 0. The maximum absolute atomic E-state index is 12.7. The number of nitriles is 1. The topological polar surface area (TPSA) is 73.1 Å². The van der Waals surface area contributed by atoms with Gasteiger partial charge in [0.25, 0.3) is 5.91 Å². The van der Waals surface area contributed by atoms with E-state index in [1.165, 1.54) is 6.07 Å². The van der Waals surface area contributed by atoms with E-state index in [1.807, 2.05) is 6.07 Å². The minimum atomic E-state index is -0.646. The zero-order chi connectivity index (χ0) is 13.0. The van der Waals surface area contributed by atoms with Crippen LogP contribution < -0.4 is 5.32 Å². The lowest BCUT2D eigenvalue weighted by molar-refractivity contribution is 0.0935. The lowest BCUT2D eigenvalue weighted by atomic mass is 10.1. The number of hydrogen-bond donors (Lipinski definition) is 2. The quantitative estimate of drug-likeness (QED) is 0.840. The molecule has 1 amide bonds. The van der Waals surface area contributed by atoms with Crippen LogP contribution in [0.2, 0.25) is 0 Å². The zero-order valence-electron chi connectivity index (χ0n) is 9.57. The first-order valence-corrected chi connectivity index (χ1v) is 5.14. The number of phenols is 1. The summed E-state index contributed by atoms with van der Waals surface area (Å²) in [6.45, 7) is 3.58. The molecule has 1 aromatic carbocycles. The number of nitrogens with zero attached hydrogens (tertiary/aromatic N) is 1. The molecule has 0 spiro atoms. The monoisotopic (exact) mass is 236 g/mol. The fourth-order valence-corrected chi connectivity index (χ4v) is 1.26. The Kier molecular flexibility index (Phi) is 4.05. The van der Waals surface area contributed by atoms with Gasteiger partial charge in [-0.15, -0.1) is 0 Å². The number of halogens is 1. The van der Waals surface area contributed by atoms with Crippen LogP contribution in [0.4, 0.5) is 4.39 Å². The molecule has 2 N–H and O–H groups in total. The molecule has 0 saturated carbocycles. The highest BCUT2D eigenvalue weighted by molar-refractivity contribution is 5.97. The highest BCUT2D eigenvalue weighted by Crippen LogP contribution is 2.18. The van der Waals surface area contributed by atoms with Gasteiger partial charge in [0.2, 0.25) is 0 Å². The molecule has 0 aliphatic carbocycles. The van der Waals surface area contributed by atoms with E-state index in [9.17, 15) is 14.3 Å². The normalized spacial score (nSPS) is 11.9. The summed E-state index contributed by atoms with van der Waals surface area (Å²) in [7, 11) is 0. The van der Waals surface area contributed by atoms with Gasteiger partial charge < -0.3 is 10.4 Å². The Morgan fingerprint density at radius 1 is 1.53 bits per heavy atom. The number of amides is 1. The van der Waals surface area contributed by atoms with Crippen LogP contribution in [0.1, 0.15) is 24.2 Å². The number of hydrogen-bond acceptors (Lipinski definition) is 3. The minimum absolute atomic E-state index is 0.0488. The van der Waals surface area contributed by atoms with Gasteiger partial charge in [0, 0.05) is 6.07 Å². The molecule has 1 aromatic rings. The van der Waals surface area contributed by atoms with Gasteiger partial charge in [-0.25, -0.2) is 4.39 Å². The van der Waals surface area contributed by atoms with Crippen LogP contribution in [0.3, 0.4) is 0 Å². The number of carbonyl (C=O) groups is 1. The highest BCUT2D eigenvalue weighted by Gasteiger charge is 2.18. The number of benzene rings is 1. The zero-order valence-corrected chi connectivity index (χ0v) is 9.57. The Morgan fingerprint density at radius 2 is 2.18 bits per heavy atom. The summed E-state index contributed by atoms with van der Waals surface area (Å²) < 4.78 is 12.7. The summed E-state index contributed by atoms with van der Waals surface area (Å²) in [5.74, 6) is -1.71. The predicted octanol–water partition coefficient (Wildman–Crippen LogP) is 1.81. The molecular formula is C12H13FN2O2. The van der Waals surface area contributed by atoms with Gasteiger partial charge >= 0.3 is 0 Å². The van der Waals surface area contributed by atoms with Crippen molar-refractivity contribution in [2.45, 2.75) is 19.9 Å². The molecule has 1 unspecified atom stereocenters. The Labute approximate surface area is 98.7 Å². The van der Waals surface area contributed by atoms with Crippen molar-refractivity contribution in [1.82, 2.24) is 5.32 Å². The van der Waals surface area contributed by atoms with Crippen LogP contribution in [0, 0.1) is 23.1 Å². The number of aromatic hydroxyl groups is 1. The van der Waals surface area contributed by atoms with Crippen molar-refractivity contribution in [3.8, 4) is 11.8 Å². The third-order valence-corrected chi connectivity index (χ3v) is 2.30.